The van der Waals surface area contributed by atoms with Crippen molar-refractivity contribution in [2.45, 2.75) is 37.5 Å². The summed E-state index contributed by atoms with van der Waals surface area (Å²) in [6.07, 6.45) is 5.50. The molecule has 0 aliphatic carbocycles. The predicted octanol–water partition coefficient (Wildman–Crippen LogP) is 3.08. The fraction of sp³-hybridized carbons (Fsp3) is 0.409. The molecule has 2 heterocycles. The van der Waals surface area contributed by atoms with Gasteiger partial charge in [0.1, 0.15) is 4.90 Å². The molecule has 1 saturated heterocycles. The first-order chi connectivity index (χ1) is 14.9. The van der Waals surface area contributed by atoms with Crippen molar-refractivity contribution in [1.82, 2.24) is 9.29 Å². The molecule has 1 fully saturated rings. The molecule has 0 spiro atoms. The number of rotatable bonds is 8. The molecule has 1 aliphatic heterocycles. The monoisotopic (exact) mass is 445 g/mol. The van der Waals surface area contributed by atoms with Crippen LogP contribution in [0.5, 0.6) is 0 Å². The van der Waals surface area contributed by atoms with Gasteiger partial charge < -0.3 is 10.1 Å². The second-order valence-corrected chi connectivity index (χ2v) is 9.36. The van der Waals surface area contributed by atoms with Gasteiger partial charge in [0.2, 0.25) is 15.9 Å². The smallest absolute Gasteiger partial charge is 0.338 e. The van der Waals surface area contributed by atoms with Gasteiger partial charge in [-0.1, -0.05) is 13.3 Å². The lowest BCUT2D eigenvalue weighted by Gasteiger charge is -2.30. The number of amides is 1. The Morgan fingerprint density at radius 2 is 1.87 bits per heavy atom. The van der Waals surface area contributed by atoms with E-state index in [-0.39, 0.29) is 35.8 Å². The van der Waals surface area contributed by atoms with Crippen molar-refractivity contribution in [3.63, 3.8) is 0 Å². The van der Waals surface area contributed by atoms with E-state index in [1.807, 2.05) is 6.92 Å². The Labute approximate surface area is 182 Å². The predicted molar refractivity (Wildman–Crippen MR) is 116 cm³/mol. The summed E-state index contributed by atoms with van der Waals surface area (Å²) in [5, 5.41) is 2.85. The summed E-state index contributed by atoms with van der Waals surface area (Å²) in [6.45, 7) is 2.97. The van der Waals surface area contributed by atoms with Gasteiger partial charge in [-0.25, -0.2) is 13.2 Å². The van der Waals surface area contributed by atoms with Crippen LogP contribution in [-0.4, -0.2) is 49.3 Å². The minimum atomic E-state index is -3.60. The van der Waals surface area contributed by atoms with Crippen LogP contribution >= 0.6 is 0 Å². The molecule has 8 nitrogen and oxygen atoms in total. The number of esters is 1. The van der Waals surface area contributed by atoms with E-state index in [1.54, 1.807) is 30.3 Å². The van der Waals surface area contributed by atoms with Crippen molar-refractivity contribution >= 4 is 27.6 Å². The summed E-state index contributed by atoms with van der Waals surface area (Å²) in [5.41, 5.74) is 1.02. The fourth-order valence-corrected chi connectivity index (χ4v) is 4.77. The minimum Gasteiger partial charge on any atom is -0.462 e. The molecule has 0 radical (unpaired) electrons. The van der Waals surface area contributed by atoms with Crippen molar-refractivity contribution < 1.29 is 22.7 Å². The third-order valence-electron chi connectivity index (χ3n) is 5.22. The number of carbonyl (C=O) groups is 2. The quantitative estimate of drug-likeness (QED) is 0.494. The number of anilines is 1. The second kappa shape index (κ2) is 10.5. The maximum atomic E-state index is 12.7. The van der Waals surface area contributed by atoms with Gasteiger partial charge in [-0.3, -0.25) is 9.78 Å². The van der Waals surface area contributed by atoms with Crippen molar-refractivity contribution in [3.8, 4) is 0 Å². The molecule has 1 aromatic carbocycles. The normalized spacial score (nSPS) is 15.4. The summed E-state index contributed by atoms with van der Waals surface area (Å²) in [7, 11) is -3.60. The highest BCUT2D eigenvalue weighted by Crippen LogP contribution is 2.24. The zero-order chi connectivity index (χ0) is 22.3. The topological polar surface area (TPSA) is 106 Å². The van der Waals surface area contributed by atoms with Gasteiger partial charge in [-0.05, 0) is 55.7 Å². The van der Waals surface area contributed by atoms with Crippen molar-refractivity contribution in [3.05, 3.63) is 54.4 Å². The average molecular weight is 446 g/mol. The van der Waals surface area contributed by atoms with Gasteiger partial charge in [0, 0.05) is 37.1 Å². The van der Waals surface area contributed by atoms with E-state index < -0.39 is 10.0 Å². The number of hydrogen-bond donors (Lipinski definition) is 1. The molecule has 0 saturated carbocycles. The molecule has 0 atom stereocenters. The van der Waals surface area contributed by atoms with E-state index in [2.05, 4.69) is 10.3 Å². The third kappa shape index (κ3) is 5.89. The van der Waals surface area contributed by atoms with E-state index in [0.29, 0.717) is 30.7 Å². The Bertz CT molecular complexity index is 986. The van der Waals surface area contributed by atoms with Crippen LogP contribution in [0.15, 0.2) is 53.7 Å². The molecule has 1 N–H and O–H groups in total. The summed E-state index contributed by atoms with van der Waals surface area (Å²) in [4.78, 5) is 28.6. The molecule has 0 unspecified atom stereocenters. The van der Waals surface area contributed by atoms with Gasteiger partial charge >= 0.3 is 5.97 Å². The van der Waals surface area contributed by atoms with Crippen molar-refractivity contribution in [2.24, 2.45) is 5.92 Å². The Morgan fingerprint density at radius 3 is 2.48 bits per heavy atom. The Balaban J connectivity index is 1.51. The highest BCUT2D eigenvalue weighted by atomic mass is 32.2. The van der Waals surface area contributed by atoms with Crippen LogP contribution in [0.4, 0.5) is 5.69 Å². The van der Waals surface area contributed by atoms with Crippen LogP contribution in [-0.2, 0) is 19.6 Å². The van der Waals surface area contributed by atoms with Crippen LogP contribution < -0.4 is 5.32 Å². The average Bonchev–Trinajstić information content (AvgIpc) is 2.80. The molecule has 1 aliphatic rings. The van der Waals surface area contributed by atoms with Gasteiger partial charge in [-0.2, -0.15) is 4.31 Å². The standard InChI is InChI=1S/C22H27N3O5S/c1-2-3-15-30-22(27)18-6-8-19(9-7-18)24-21(26)17-10-13-25(14-11-17)31(28,29)20-5-4-12-23-16-20/h4-9,12,16-17H,2-3,10-11,13-15H2,1H3,(H,24,26). The largest absolute Gasteiger partial charge is 0.462 e. The maximum Gasteiger partial charge on any atom is 0.338 e. The summed E-state index contributed by atoms with van der Waals surface area (Å²) in [6, 6.07) is 9.67. The number of unbranched alkanes of at least 4 members (excludes halogenated alkanes) is 1. The van der Waals surface area contributed by atoms with E-state index in [9.17, 15) is 18.0 Å². The highest BCUT2D eigenvalue weighted by Gasteiger charge is 2.32. The third-order valence-corrected chi connectivity index (χ3v) is 7.10. The zero-order valence-corrected chi connectivity index (χ0v) is 18.3. The number of benzene rings is 1. The van der Waals surface area contributed by atoms with Gasteiger partial charge in [0.05, 0.1) is 12.2 Å². The number of nitrogens with zero attached hydrogens (tertiary/aromatic N) is 2. The van der Waals surface area contributed by atoms with E-state index >= 15 is 0 Å². The molecule has 9 heteroatoms. The summed E-state index contributed by atoms with van der Waals surface area (Å²) >= 11 is 0. The molecule has 166 valence electrons. The van der Waals surface area contributed by atoms with Gasteiger partial charge in [-0.15, -0.1) is 0 Å². The minimum absolute atomic E-state index is 0.156. The Hall–Kier alpha value is -2.78. The number of ether oxygens (including phenoxy) is 1. The number of sulfonamides is 1. The lowest BCUT2D eigenvalue weighted by molar-refractivity contribution is -0.120. The first-order valence-corrected chi connectivity index (χ1v) is 11.8. The molecule has 1 amide bonds. The van der Waals surface area contributed by atoms with Gasteiger partial charge in [0.15, 0.2) is 0 Å². The summed E-state index contributed by atoms with van der Waals surface area (Å²) in [5.74, 6) is -0.816. The fourth-order valence-electron chi connectivity index (χ4n) is 3.33. The zero-order valence-electron chi connectivity index (χ0n) is 17.5. The van der Waals surface area contributed by atoms with Crippen LogP contribution in [0.3, 0.4) is 0 Å². The summed E-state index contributed by atoms with van der Waals surface area (Å²) < 4.78 is 31.9. The molecule has 0 bridgehead atoms. The van der Waals surface area contributed by atoms with E-state index in [0.717, 1.165) is 12.8 Å². The van der Waals surface area contributed by atoms with E-state index in [1.165, 1.54) is 22.8 Å². The highest BCUT2D eigenvalue weighted by molar-refractivity contribution is 7.89. The molecule has 31 heavy (non-hydrogen) atoms. The number of pyridine rings is 1. The SMILES string of the molecule is CCCCOC(=O)c1ccc(NC(=O)C2CCN(S(=O)(=O)c3cccnc3)CC2)cc1. The second-order valence-electron chi connectivity index (χ2n) is 7.42. The number of nitrogens with one attached hydrogen (secondary N) is 1. The lowest BCUT2D eigenvalue weighted by atomic mass is 9.97. The molecule has 3 rings (SSSR count). The molecule has 1 aromatic heterocycles. The molecular weight excluding hydrogens is 418 g/mol. The number of hydrogen-bond acceptors (Lipinski definition) is 6. The Morgan fingerprint density at radius 1 is 1.16 bits per heavy atom. The number of piperidine rings is 1. The van der Waals surface area contributed by atoms with Crippen LogP contribution in [0.2, 0.25) is 0 Å². The van der Waals surface area contributed by atoms with Gasteiger partial charge in [0.25, 0.3) is 0 Å². The first kappa shape index (κ1) is 22.9. The van der Waals surface area contributed by atoms with Crippen molar-refractivity contribution in [1.29, 1.82) is 0 Å². The molecular formula is C22H27N3O5S. The Kier molecular flexibility index (Phi) is 7.75. The van der Waals surface area contributed by atoms with Crippen molar-refractivity contribution in [2.75, 3.05) is 25.0 Å². The van der Waals surface area contributed by atoms with Crippen LogP contribution in [0.1, 0.15) is 43.0 Å². The lowest BCUT2D eigenvalue weighted by Crippen LogP contribution is -2.41. The number of carbonyl (C=O) groups excluding carboxylic acids is 2. The maximum absolute atomic E-state index is 12.7. The van der Waals surface area contributed by atoms with Crippen LogP contribution in [0.25, 0.3) is 0 Å². The number of aromatic nitrogens is 1. The molecule has 2 aromatic rings. The van der Waals surface area contributed by atoms with E-state index in [4.69, 9.17) is 4.74 Å². The first-order valence-electron chi connectivity index (χ1n) is 10.4. The van der Waals surface area contributed by atoms with Crippen LogP contribution in [0, 0.1) is 5.92 Å².